The summed E-state index contributed by atoms with van der Waals surface area (Å²) < 4.78 is 0. The highest BCUT2D eigenvalue weighted by Crippen LogP contribution is 2.46. The average molecular weight is 209 g/mol. The van der Waals surface area contributed by atoms with E-state index in [1.807, 2.05) is 0 Å². The highest BCUT2D eigenvalue weighted by atomic mass is 14.4. The van der Waals surface area contributed by atoms with Crippen LogP contribution in [-0.2, 0) is 0 Å². The molecule has 0 bridgehead atoms. The first-order valence-electron chi connectivity index (χ1n) is 6.89. The standard InChI is InChI=1S/C15H29/c1-5-6-7-8-11-14-13(2)10-9-12-15(14,3)4/h7,13-14H,5-6,8-12H2,1-4H3/t13-,14?/m0/s1. The molecule has 0 aliphatic heterocycles. The van der Waals surface area contributed by atoms with E-state index in [0.717, 1.165) is 11.8 Å². The van der Waals surface area contributed by atoms with Crippen molar-refractivity contribution in [3.63, 3.8) is 0 Å². The van der Waals surface area contributed by atoms with Gasteiger partial charge in [-0.2, -0.15) is 0 Å². The average Bonchev–Trinajstić information content (AvgIpc) is 2.15. The molecule has 0 aromatic heterocycles. The van der Waals surface area contributed by atoms with Crippen LogP contribution in [-0.4, -0.2) is 0 Å². The molecule has 1 unspecified atom stereocenters. The van der Waals surface area contributed by atoms with Crippen LogP contribution in [0.15, 0.2) is 0 Å². The predicted octanol–water partition coefficient (Wildman–Crippen LogP) is 5.23. The Hall–Kier alpha value is 0. The molecule has 1 saturated carbocycles. The van der Waals surface area contributed by atoms with E-state index in [0.29, 0.717) is 5.41 Å². The summed E-state index contributed by atoms with van der Waals surface area (Å²) in [7, 11) is 0. The molecule has 2 atom stereocenters. The zero-order valence-electron chi connectivity index (χ0n) is 11.2. The second-order valence-corrected chi connectivity index (χ2v) is 6.12. The molecule has 0 nitrogen and oxygen atoms in total. The van der Waals surface area contributed by atoms with Crippen LogP contribution in [0.4, 0.5) is 0 Å². The fourth-order valence-corrected chi connectivity index (χ4v) is 3.36. The maximum atomic E-state index is 2.50. The number of hydrogen-bond donors (Lipinski definition) is 0. The molecule has 0 saturated heterocycles. The molecule has 0 heteroatoms. The van der Waals surface area contributed by atoms with E-state index in [9.17, 15) is 0 Å². The van der Waals surface area contributed by atoms with Crippen molar-refractivity contribution in [2.75, 3.05) is 0 Å². The van der Waals surface area contributed by atoms with Crippen molar-refractivity contribution in [3.8, 4) is 0 Å². The van der Waals surface area contributed by atoms with Crippen molar-refractivity contribution in [1.82, 2.24) is 0 Å². The normalized spacial score (nSPS) is 30.4. The zero-order valence-corrected chi connectivity index (χ0v) is 11.2. The summed E-state index contributed by atoms with van der Waals surface area (Å²) in [6.07, 6.45) is 12.2. The van der Waals surface area contributed by atoms with E-state index in [-0.39, 0.29) is 0 Å². The van der Waals surface area contributed by atoms with Gasteiger partial charge in [-0.3, -0.25) is 0 Å². The Morgan fingerprint density at radius 3 is 2.60 bits per heavy atom. The Kier molecular flexibility index (Phi) is 5.15. The first kappa shape index (κ1) is 13.1. The highest BCUT2D eigenvalue weighted by molar-refractivity contribution is 4.87. The topological polar surface area (TPSA) is 0 Å². The van der Waals surface area contributed by atoms with Gasteiger partial charge in [-0.05, 0) is 42.9 Å². The highest BCUT2D eigenvalue weighted by Gasteiger charge is 2.35. The summed E-state index contributed by atoms with van der Waals surface area (Å²) in [5, 5.41) is 0. The van der Waals surface area contributed by atoms with Crippen LogP contribution in [0.2, 0.25) is 0 Å². The van der Waals surface area contributed by atoms with Crippen molar-refractivity contribution in [2.45, 2.75) is 72.6 Å². The molecule has 1 aliphatic rings. The van der Waals surface area contributed by atoms with Gasteiger partial charge in [0.15, 0.2) is 0 Å². The Morgan fingerprint density at radius 1 is 1.27 bits per heavy atom. The SMILES string of the molecule is CCC[CH]CCC1[C@@H](C)CCCC1(C)C. The molecule has 1 radical (unpaired) electrons. The second-order valence-electron chi connectivity index (χ2n) is 6.12. The summed E-state index contributed by atoms with van der Waals surface area (Å²) in [5.74, 6) is 1.91. The molecule has 0 heterocycles. The van der Waals surface area contributed by atoms with Crippen LogP contribution in [0, 0.1) is 23.7 Å². The summed E-state index contributed by atoms with van der Waals surface area (Å²) >= 11 is 0. The van der Waals surface area contributed by atoms with Gasteiger partial charge in [-0.1, -0.05) is 53.4 Å². The lowest BCUT2D eigenvalue weighted by Gasteiger charge is -2.43. The zero-order chi connectivity index (χ0) is 11.3. The Balaban J connectivity index is 2.35. The molecular weight excluding hydrogens is 180 g/mol. The lowest BCUT2D eigenvalue weighted by atomic mass is 9.62. The third-order valence-electron chi connectivity index (χ3n) is 4.35. The van der Waals surface area contributed by atoms with Crippen LogP contribution < -0.4 is 0 Å². The van der Waals surface area contributed by atoms with E-state index >= 15 is 0 Å². The maximum absolute atomic E-state index is 2.50. The first-order valence-corrected chi connectivity index (χ1v) is 6.89. The van der Waals surface area contributed by atoms with Crippen molar-refractivity contribution >= 4 is 0 Å². The van der Waals surface area contributed by atoms with Crippen molar-refractivity contribution in [2.24, 2.45) is 17.3 Å². The van der Waals surface area contributed by atoms with Crippen LogP contribution in [0.5, 0.6) is 0 Å². The molecule has 1 aliphatic carbocycles. The minimum atomic E-state index is 0.595. The van der Waals surface area contributed by atoms with Crippen molar-refractivity contribution in [1.29, 1.82) is 0 Å². The minimum Gasteiger partial charge on any atom is -0.0654 e. The smallest absolute Gasteiger partial charge is 0.0323 e. The second kappa shape index (κ2) is 5.92. The Bertz CT molecular complexity index is 169. The van der Waals surface area contributed by atoms with Crippen LogP contribution in [0.1, 0.15) is 72.6 Å². The van der Waals surface area contributed by atoms with Gasteiger partial charge in [0.25, 0.3) is 0 Å². The molecule has 0 aromatic carbocycles. The minimum absolute atomic E-state index is 0.595. The van der Waals surface area contributed by atoms with Gasteiger partial charge in [-0.25, -0.2) is 0 Å². The Morgan fingerprint density at radius 2 is 2.00 bits per heavy atom. The van der Waals surface area contributed by atoms with E-state index in [4.69, 9.17) is 0 Å². The van der Waals surface area contributed by atoms with E-state index in [1.54, 1.807) is 0 Å². The fraction of sp³-hybridized carbons (Fsp3) is 0.933. The lowest BCUT2D eigenvalue weighted by Crippen LogP contribution is -2.33. The van der Waals surface area contributed by atoms with Gasteiger partial charge in [0.05, 0.1) is 0 Å². The largest absolute Gasteiger partial charge is 0.0654 e. The summed E-state index contributed by atoms with van der Waals surface area (Å²) in [5.41, 5.74) is 0.595. The summed E-state index contributed by atoms with van der Waals surface area (Å²) in [6.45, 7) is 9.69. The number of rotatable bonds is 5. The van der Waals surface area contributed by atoms with Gasteiger partial charge in [0.1, 0.15) is 0 Å². The van der Waals surface area contributed by atoms with Gasteiger partial charge >= 0.3 is 0 Å². The number of unbranched alkanes of at least 4 members (excludes halogenated alkanes) is 3. The summed E-state index contributed by atoms with van der Waals surface area (Å²) in [6, 6.07) is 0. The fourth-order valence-electron chi connectivity index (χ4n) is 3.36. The van der Waals surface area contributed by atoms with E-state index < -0.39 is 0 Å². The predicted molar refractivity (Wildman–Crippen MR) is 68.7 cm³/mol. The van der Waals surface area contributed by atoms with Crippen LogP contribution in [0.3, 0.4) is 0 Å². The molecule has 89 valence electrons. The molecule has 1 fully saturated rings. The molecule has 0 N–H and O–H groups in total. The molecule has 15 heavy (non-hydrogen) atoms. The quantitative estimate of drug-likeness (QED) is 0.544. The van der Waals surface area contributed by atoms with Gasteiger partial charge in [-0.15, -0.1) is 0 Å². The molecule has 0 aromatic rings. The van der Waals surface area contributed by atoms with Crippen LogP contribution >= 0.6 is 0 Å². The van der Waals surface area contributed by atoms with Crippen molar-refractivity contribution < 1.29 is 0 Å². The maximum Gasteiger partial charge on any atom is -0.0323 e. The van der Waals surface area contributed by atoms with Gasteiger partial charge < -0.3 is 0 Å². The molecule has 0 amide bonds. The monoisotopic (exact) mass is 209 g/mol. The third-order valence-corrected chi connectivity index (χ3v) is 4.35. The van der Waals surface area contributed by atoms with Gasteiger partial charge in [0.2, 0.25) is 0 Å². The third kappa shape index (κ3) is 3.81. The van der Waals surface area contributed by atoms with Crippen molar-refractivity contribution in [3.05, 3.63) is 6.42 Å². The number of hydrogen-bond acceptors (Lipinski definition) is 0. The van der Waals surface area contributed by atoms with Crippen LogP contribution in [0.25, 0.3) is 0 Å². The molecule has 1 rings (SSSR count). The first-order chi connectivity index (χ1) is 7.08. The molecular formula is C15H29. The lowest BCUT2D eigenvalue weighted by molar-refractivity contribution is 0.0763. The van der Waals surface area contributed by atoms with Gasteiger partial charge in [0, 0.05) is 0 Å². The van der Waals surface area contributed by atoms with E-state index in [2.05, 4.69) is 34.1 Å². The summed E-state index contributed by atoms with van der Waals surface area (Å²) in [4.78, 5) is 0. The molecule has 0 spiro atoms. The van der Waals surface area contributed by atoms with E-state index in [1.165, 1.54) is 44.9 Å². The Labute approximate surface area is 96.8 Å².